The number of thioether (sulfide) groups is 1. The first kappa shape index (κ1) is 22.2. The van der Waals surface area contributed by atoms with Crippen LogP contribution in [0.2, 0.25) is 0 Å². The Labute approximate surface area is 184 Å². The first-order valence-corrected chi connectivity index (χ1v) is 10.5. The molecule has 2 aromatic carbocycles. The molecule has 8 nitrogen and oxygen atoms in total. The molecule has 0 fully saturated rings. The van der Waals surface area contributed by atoms with Crippen LogP contribution in [0.1, 0.15) is 27.3 Å². The van der Waals surface area contributed by atoms with Gasteiger partial charge >= 0.3 is 0 Å². The molecule has 0 atom stereocenters. The van der Waals surface area contributed by atoms with Crippen molar-refractivity contribution in [2.24, 2.45) is 0 Å². The Kier molecular flexibility index (Phi) is 7.19. The SMILES string of the molecule is C=CCn1c(COc2cccc(C)c2)nnc1SCC(=O)c1ccc(C)c([N+](=O)[O-])c1. The fraction of sp³-hybridized carbons (Fsp3) is 0.227. The number of nitrogens with zero attached hydrogens (tertiary/aromatic N) is 4. The van der Waals surface area contributed by atoms with Gasteiger partial charge in [-0.3, -0.25) is 19.5 Å². The second-order valence-corrected chi connectivity index (χ2v) is 7.82. The van der Waals surface area contributed by atoms with Crippen LogP contribution in [0.3, 0.4) is 0 Å². The molecule has 0 spiro atoms. The smallest absolute Gasteiger partial charge is 0.273 e. The number of ketones is 1. The van der Waals surface area contributed by atoms with Crippen molar-refractivity contribution in [3.05, 3.63) is 87.7 Å². The predicted octanol–water partition coefficient (Wildman–Crippen LogP) is 4.54. The molecule has 0 aliphatic rings. The van der Waals surface area contributed by atoms with Gasteiger partial charge in [-0.1, -0.05) is 42.1 Å². The van der Waals surface area contributed by atoms with Gasteiger partial charge in [0.1, 0.15) is 12.4 Å². The molecule has 0 saturated carbocycles. The molecule has 0 aliphatic heterocycles. The molecule has 160 valence electrons. The molecule has 3 rings (SSSR count). The Hall–Kier alpha value is -3.46. The van der Waals surface area contributed by atoms with Crippen LogP contribution in [0.25, 0.3) is 0 Å². The van der Waals surface area contributed by atoms with Gasteiger partial charge in [0.2, 0.25) is 0 Å². The highest BCUT2D eigenvalue weighted by atomic mass is 32.2. The Morgan fingerprint density at radius 1 is 1.26 bits per heavy atom. The number of benzene rings is 2. The van der Waals surface area contributed by atoms with Crippen LogP contribution < -0.4 is 4.74 Å². The van der Waals surface area contributed by atoms with Crippen molar-refractivity contribution in [3.8, 4) is 5.75 Å². The third-order valence-corrected chi connectivity index (χ3v) is 5.49. The van der Waals surface area contributed by atoms with Crippen LogP contribution in [-0.4, -0.2) is 31.2 Å². The normalized spacial score (nSPS) is 10.6. The third-order valence-electron chi connectivity index (χ3n) is 4.52. The van der Waals surface area contributed by atoms with E-state index in [9.17, 15) is 14.9 Å². The van der Waals surface area contributed by atoms with Gasteiger partial charge in [-0.2, -0.15) is 0 Å². The van der Waals surface area contributed by atoms with Crippen LogP contribution in [-0.2, 0) is 13.2 Å². The molecule has 0 amide bonds. The predicted molar refractivity (Wildman–Crippen MR) is 119 cm³/mol. The van der Waals surface area contributed by atoms with E-state index in [1.807, 2.05) is 35.8 Å². The van der Waals surface area contributed by atoms with Crippen LogP contribution in [0, 0.1) is 24.0 Å². The van der Waals surface area contributed by atoms with Crippen molar-refractivity contribution in [2.45, 2.75) is 32.2 Å². The number of nitro benzene ring substituents is 1. The average molecular weight is 439 g/mol. The van der Waals surface area contributed by atoms with E-state index in [4.69, 9.17) is 4.74 Å². The zero-order chi connectivity index (χ0) is 22.4. The summed E-state index contributed by atoms with van der Waals surface area (Å²) in [5.41, 5.74) is 1.83. The highest BCUT2D eigenvalue weighted by Crippen LogP contribution is 2.23. The number of hydrogen-bond donors (Lipinski definition) is 0. The highest BCUT2D eigenvalue weighted by molar-refractivity contribution is 7.99. The van der Waals surface area contributed by atoms with Gasteiger partial charge in [0.15, 0.2) is 16.8 Å². The van der Waals surface area contributed by atoms with Gasteiger partial charge in [-0.15, -0.1) is 16.8 Å². The number of nitro groups is 1. The molecule has 0 radical (unpaired) electrons. The lowest BCUT2D eigenvalue weighted by Crippen LogP contribution is -2.09. The van der Waals surface area contributed by atoms with Gasteiger partial charge in [0, 0.05) is 23.7 Å². The zero-order valence-electron chi connectivity index (χ0n) is 17.3. The van der Waals surface area contributed by atoms with Gasteiger partial charge in [0.05, 0.1) is 10.7 Å². The summed E-state index contributed by atoms with van der Waals surface area (Å²) in [6.45, 7) is 8.08. The van der Waals surface area contributed by atoms with Crippen molar-refractivity contribution in [1.29, 1.82) is 0 Å². The molecule has 0 unspecified atom stereocenters. The van der Waals surface area contributed by atoms with Crippen molar-refractivity contribution in [1.82, 2.24) is 14.8 Å². The van der Waals surface area contributed by atoms with E-state index in [0.29, 0.717) is 28.7 Å². The fourth-order valence-electron chi connectivity index (χ4n) is 2.89. The maximum Gasteiger partial charge on any atom is 0.273 e. The largest absolute Gasteiger partial charge is 0.486 e. The summed E-state index contributed by atoms with van der Waals surface area (Å²) in [6, 6.07) is 12.2. The molecule has 9 heteroatoms. The van der Waals surface area contributed by atoms with Crippen LogP contribution >= 0.6 is 11.8 Å². The van der Waals surface area contributed by atoms with E-state index < -0.39 is 4.92 Å². The summed E-state index contributed by atoms with van der Waals surface area (Å²) in [7, 11) is 0. The van der Waals surface area contributed by atoms with Gasteiger partial charge in [-0.05, 0) is 31.5 Å². The number of carbonyl (C=O) groups excluding carboxylic acids is 1. The lowest BCUT2D eigenvalue weighted by atomic mass is 10.1. The zero-order valence-corrected chi connectivity index (χ0v) is 18.1. The molecule has 31 heavy (non-hydrogen) atoms. The van der Waals surface area contributed by atoms with E-state index in [0.717, 1.165) is 11.3 Å². The summed E-state index contributed by atoms with van der Waals surface area (Å²) in [5.74, 6) is 1.20. The topological polar surface area (TPSA) is 100 Å². The second kappa shape index (κ2) is 10.0. The van der Waals surface area contributed by atoms with Gasteiger partial charge < -0.3 is 4.74 Å². The Morgan fingerprint density at radius 2 is 2.06 bits per heavy atom. The molecule has 0 saturated heterocycles. The maximum atomic E-state index is 12.6. The Balaban J connectivity index is 1.70. The summed E-state index contributed by atoms with van der Waals surface area (Å²) in [5, 5.41) is 20.0. The highest BCUT2D eigenvalue weighted by Gasteiger charge is 2.18. The van der Waals surface area contributed by atoms with Crippen molar-refractivity contribution < 1.29 is 14.5 Å². The summed E-state index contributed by atoms with van der Waals surface area (Å²) < 4.78 is 7.65. The molecular weight excluding hydrogens is 416 g/mol. The third kappa shape index (κ3) is 5.58. The number of aromatic nitrogens is 3. The van der Waals surface area contributed by atoms with Crippen LogP contribution in [0.15, 0.2) is 60.3 Å². The number of aryl methyl sites for hydroxylation is 2. The number of ether oxygens (including phenoxy) is 1. The van der Waals surface area contributed by atoms with Crippen LogP contribution in [0.4, 0.5) is 5.69 Å². The van der Waals surface area contributed by atoms with Crippen LogP contribution in [0.5, 0.6) is 5.75 Å². The van der Waals surface area contributed by atoms with Crippen molar-refractivity contribution >= 4 is 23.2 Å². The minimum absolute atomic E-state index is 0.0683. The Bertz CT molecular complexity index is 1130. The molecule has 1 aromatic heterocycles. The number of hydrogen-bond acceptors (Lipinski definition) is 7. The monoisotopic (exact) mass is 438 g/mol. The molecule has 3 aromatic rings. The standard InChI is InChI=1S/C22H22N4O4S/c1-4-10-25-21(13-30-18-7-5-6-15(2)11-18)23-24-22(25)31-14-20(27)17-9-8-16(3)19(12-17)26(28)29/h4-9,11-12H,1,10,13-14H2,2-3H3. The maximum absolute atomic E-state index is 12.6. The minimum atomic E-state index is -0.486. The van der Waals surface area contributed by atoms with Crippen molar-refractivity contribution in [2.75, 3.05) is 5.75 Å². The van der Waals surface area contributed by atoms with E-state index in [1.165, 1.54) is 17.8 Å². The van der Waals surface area contributed by atoms with E-state index in [1.54, 1.807) is 25.1 Å². The second-order valence-electron chi connectivity index (χ2n) is 6.87. The number of Topliss-reactive ketones (excluding diaryl/α,β-unsaturated/α-hetero) is 1. The fourth-order valence-corrected chi connectivity index (χ4v) is 3.75. The summed E-state index contributed by atoms with van der Waals surface area (Å²) >= 11 is 1.22. The molecule has 0 bridgehead atoms. The van der Waals surface area contributed by atoms with Gasteiger partial charge in [-0.25, -0.2) is 0 Å². The number of allylic oxidation sites excluding steroid dienone is 1. The van der Waals surface area contributed by atoms with Crippen molar-refractivity contribution in [3.63, 3.8) is 0 Å². The van der Waals surface area contributed by atoms with E-state index >= 15 is 0 Å². The van der Waals surface area contributed by atoms with E-state index in [2.05, 4.69) is 16.8 Å². The Morgan fingerprint density at radius 3 is 2.77 bits per heavy atom. The summed E-state index contributed by atoms with van der Waals surface area (Å²) in [6.07, 6.45) is 1.72. The molecule has 1 heterocycles. The number of carbonyl (C=O) groups is 1. The number of rotatable bonds is 10. The first-order valence-electron chi connectivity index (χ1n) is 9.52. The summed E-state index contributed by atoms with van der Waals surface area (Å²) in [4.78, 5) is 23.2. The molecule has 0 N–H and O–H groups in total. The molecular formula is C22H22N4O4S. The quantitative estimate of drug-likeness (QED) is 0.151. The van der Waals surface area contributed by atoms with Gasteiger partial charge in [0.25, 0.3) is 5.69 Å². The average Bonchev–Trinajstić information content (AvgIpc) is 3.12. The minimum Gasteiger partial charge on any atom is -0.486 e. The lowest BCUT2D eigenvalue weighted by Gasteiger charge is -2.09. The van der Waals surface area contributed by atoms with E-state index in [-0.39, 0.29) is 23.8 Å². The first-order chi connectivity index (χ1) is 14.9. The lowest BCUT2D eigenvalue weighted by molar-refractivity contribution is -0.385. The molecule has 0 aliphatic carbocycles.